The molecule has 1 unspecified atom stereocenters. The summed E-state index contributed by atoms with van der Waals surface area (Å²) >= 11 is 0. The Morgan fingerprint density at radius 3 is 2.38 bits per heavy atom. The van der Waals surface area contributed by atoms with Gasteiger partial charge in [0.15, 0.2) is 5.96 Å². The number of aliphatic hydroxyl groups excluding tert-OH is 1. The fourth-order valence-corrected chi connectivity index (χ4v) is 2.50. The number of rotatable bonds is 12. The molecule has 1 rings (SSSR count). The van der Waals surface area contributed by atoms with E-state index in [0.29, 0.717) is 6.54 Å². The first-order chi connectivity index (χ1) is 11.8. The van der Waals surface area contributed by atoms with Gasteiger partial charge in [0.1, 0.15) is 0 Å². The molecule has 0 saturated heterocycles. The van der Waals surface area contributed by atoms with Crippen molar-refractivity contribution < 1.29 is 5.11 Å². The predicted molar refractivity (Wildman–Crippen MR) is 101 cm³/mol. The molecule has 1 aromatic rings. The molecule has 5 heteroatoms. The SMILES string of the molecule is CCCCCCCCCNC(=NCC(O)c1ccncc1)NCC. The lowest BCUT2D eigenvalue weighted by Crippen LogP contribution is -2.38. The summed E-state index contributed by atoms with van der Waals surface area (Å²) in [4.78, 5) is 8.43. The molecule has 0 spiro atoms. The average molecular weight is 335 g/mol. The number of guanidine groups is 1. The summed E-state index contributed by atoms with van der Waals surface area (Å²) in [6, 6.07) is 3.64. The van der Waals surface area contributed by atoms with E-state index in [9.17, 15) is 5.11 Å². The summed E-state index contributed by atoms with van der Waals surface area (Å²) in [5.74, 6) is 0.775. The highest BCUT2D eigenvalue weighted by Gasteiger charge is 2.06. The van der Waals surface area contributed by atoms with Gasteiger partial charge in [-0.2, -0.15) is 0 Å². The molecule has 1 atom stereocenters. The number of aliphatic imine (C=N–C) groups is 1. The number of nitrogens with one attached hydrogen (secondary N) is 2. The number of unbranched alkanes of at least 4 members (excludes halogenated alkanes) is 6. The maximum absolute atomic E-state index is 10.2. The van der Waals surface area contributed by atoms with Crippen molar-refractivity contribution in [2.45, 2.75) is 64.9 Å². The van der Waals surface area contributed by atoms with Gasteiger partial charge in [-0.15, -0.1) is 0 Å². The molecule has 0 saturated carbocycles. The van der Waals surface area contributed by atoms with Gasteiger partial charge in [0, 0.05) is 25.5 Å². The van der Waals surface area contributed by atoms with Crippen molar-refractivity contribution in [1.29, 1.82) is 0 Å². The second-order valence-corrected chi connectivity index (χ2v) is 6.06. The molecule has 0 bridgehead atoms. The highest BCUT2D eigenvalue weighted by Crippen LogP contribution is 2.11. The monoisotopic (exact) mass is 334 g/mol. The highest BCUT2D eigenvalue weighted by atomic mass is 16.3. The third-order valence-corrected chi connectivity index (χ3v) is 3.93. The second kappa shape index (κ2) is 13.8. The Balaban J connectivity index is 2.25. The van der Waals surface area contributed by atoms with Gasteiger partial charge in [-0.05, 0) is 31.0 Å². The van der Waals surface area contributed by atoms with Gasteiger partial charge >= 0.3 is 0 Å². The van der Waals surface area contributed by atoms with Gasteiger partial charge in [0.25, 0.3) is 0 Å². The Labute approximate surface area is 147 Å². The van der Waals surface area contributed by atoms with Crippen LogP contribution in [0.5, 0.6) is 0 Å². The molecule has 1 aromatic heterocycles. The third-order valence-electron chi connectivity index (χ3n) is 3.93. The van der Waals surface area contributed by atoms with Gasteiger partial charge in [-0.1, -0.05) is 45.4 Å². The van der Waals surface area contributed by atoms with Crippen molar-refractivity contribution in [1.82, 2.24) is 15.6 Å². The van der Waals surface area contributed by atoms with E-state index in [1.54, 1.807) is 12.4 Å². The molecule has 0 fully saturated rings. The molecule has 0 aromatic carbocycles. The fourth-order valence-electron chi connectivity index (χ4n) is 2.50. The van der Waals surface area contributed by atoms with Gasteiger partial charge in [0.2, 0.25) is 0 Å². The van der Waals surface area contributed by atoms with Crippen molar-refractivity contribution in [3.8, 4) is 0 Å². The molecular weight excluding hydrogens is 300 g/mol. The van der Waals surface area contributed by atoms with Crippen LogP contribution in [0.1, 0.15) is 70.5 Å². The molecule has 0 radical (unpaired) electrons. The fraction of sp³-hybridized carbons (Fsp3) is 0.684. The van der Waals surface area contributed by atoms with E-state index in [-0.39, 0.29) is 0 Å². The van der Waals surface area contributed by atoms with Crippen LogP contribution in [0.2, 0.25) is 0 Å². The van der Waals surface area contributed by atoms with Gasteiger partial charge in [0.05, 0.1) is 12.6 Å². The van der Waals surface area contributed by atoms with Crippen molar-refractivity contribution in [3.63, 3.8) is 0 Å². The van der Waals surface area contributed by atoms with E-state index in [1.807, 2.05) is 19.1 Å². The van der Waals surface area contributed by atoms with E-state index in [2.05, 4.69) is 27.5 Å². The van der Waals surface area contributed by atoms with E-state index < -0.39 is 6.10 Å². The molecular formula is C19H34N4O. The predicted octanol–water partition coefficient (Wildman–Crippen LogP) is 3.42. The first kappa shape index (κ1) is 20.4. The zero-order valence-electron chi connectivity index (χ0n) is 15.3. The molecule has 0 aliphatic rings. The maximum atomic E-state index is 10.2. The molecule has 1 heterocycles. The van der Waals surface area contributed by atoms with Crippen LogP contribution in [0.4, 0.5) is 0 Å². The van der Waals surface area contributed by atoms with Crippen LogP contribution >= 0.6 is 0 Å². The summed E-state index contributed by atoms with van der Waals surface area (Å²) < 4.78 is 0. The van der Waals surface area contributed by atoms with Crippen molar-refractivity contribution in [2.24, 2.45) is 4.99 Å². The normalized spacial score (nSPS) is 12.9. The van der Waals surface area contributed by atoms with Crippen LogP contribution in [0, 0.1) is 0 Å². The largest absolute Gasteiger partial charge is 0.386 e. The Bertz CT molecular complexity index is 436. The minimum Gasteiger partial charge on any atom is -0.386 e. The van der Waals surface area contributed by atoms with Crippen LogP contribution in [-0.4, -0.2) is 35.7 Å². The summed E-state index contributed by atoms with van der Waals surface area (Å²) in [6.07, 6.45) is 11.9. The molecule has 136 valence electrons. The summed E-state index contributed by atoms with van der Waals surface area (Å²) in [5, 5.41) is 16.7. The van der Waals surface area contributed by atoms with Crippen molar-refractivity contribution in [3.05, 3.63) is 30.1 Å². The molecule has 5 nitrogen and oxygen atoms in total. The Hall–Kier alpha value is -1.62. The third kappa shape index (κ3) is 9.50. The Morgan fingerprint density at radius 1 is 1.04 bits per heavy atom. The summed E-state index contributed by atoms with van der Waals surface area (Å²) in [6.45, 7) is 6.37. The molecule has 0 aliphatic carbocycles. The average Bonchev–Trinajstić information content (AvgIpc) is 2.62. The number of aliphatic hydroxyl groups is 1. The molecule has 0 amide bonds. The standard InChI is InChI=1S/C19H34N4O/c1-3-5-6-7-8-9-10-13-22-19(21-4-2)23-16-18(24)17-11-14-20-15-12-17/h11-12,14-15,18,24H,3-10,13,16H2,1-2H3,(H2,21,22,23). The van der Waals surface area contributed by atoms with Crippen LogP contribution in [0.15, 0.2) is 29.5 Å². The minimum atomic E-state index is -0.595. The molecule has 3 N–H and O–H groups in total. The van der Waals surface area contributed by atoms with E-state index in [4.69, 9.17) is 0 Å². The Kier molecular flexibility index (Phi) is 11.7. The maximum Gasteiger partial charge on any atom is 0.191 e. The van der Waals surface area contributed by atoms with E-state index >= 15 is 0 Å². The van der Waals surface area contributed by atoms with Crippen LogP contribution in [0.25, 0.3) is 0 Å². The van der Waals surface area contributed by atoms with Crippen LogP contribution in [0.3, 0.4) is 0 Å². The smallest absolute Gasteiger partial charge is 0.191 e. The lowest BCUT2D eigenvalue weighted by Gasteiger charge is -2.13. The van der Waals surface area contributed by atoms with Gasteiger partial charge < -0.3 is 15.7 Å². The zero-order valence-corrected chi connectivity index (χ0v) is 15.3. The van der Waals surface area contributed by atoms with Crippen LogP contribution < -0.4 is 10.6 Å². The lowest BCUT2D eigenvalue weighted by atomic mass is 10.1. The van der Waals surface area contributed by atoms with Crippen molar-refractivity contribution >= 4 is 5.96 Å². The van der Waals surface area contributed by atoms with E-state index in [1.165, 1.54) is 38.5 Å². The van der Waals surface area contributed by atoms with Crippen LogP contribution in [-0.2, 0) is 0 Å². The summed E-state index contributed by atoms with van der Waals surface area (Å²) in [7, 11) is 0. The van der Waals surface area contributed by atoms with Crippen molar-refractivity contribution in [2.75, 3.05) is 19.6 Å². The van der Waals surface area contributed by atoms with Gasteiger partial charge in [-0.25, -0.2) is 0 Å². The zero-order chi connectivity index (χ0) is 17.5. The first-order valence-corrected chi connectivity index (χ1v) is 9.38. The lowest BCUT2D eigenvalue weighted by molar-refractivity contribution is 0.187. The number of aromatic nitrogens is 1. The number of hydrogen-bond acceptors (Lipinski definition) is 3. The quantitative estimate of drug-likeness (QED) is 0.311. The highest BCUT2D eigenvalue weighted by molar-refractivity contribution is 5.79. The number of hydrogen-bond donors (Lipinski definition) is 3. The number of pyridine rings is 1. The van der Waals surface area contributed by atoms with Gasteiger partial charge in [-0.3, -0.25) is 9.98 Å². The first-order valence-electron chi connectivity index (χ1n) is 9.38. The minimum absolute atomic E-state index is 0.344. The summed E-state index contributed by atoms with van der Waals surface area (Å²) in [5.41, 5.74) is 0.844. The van der Waals surface area contributed by atoms with E-state index in [0.717, 1.165) is 31.0 Å². The topological polar surface area (TPSA) is 69.5 Å². The molecule has 0 aliphatic heterocycles. The second-order valence-electron chi connectivity index (χ2n) is 6.06. The Morgan fingerprint density at radius 2 is 1.71 bits per heavy atom. The number of nitrogens with zero attached hydrogens (tertiary/aromatic N) is 2. The molecule has 24 heavy (non-hydrogen) atoms.